The molecule has 1 fully saturated rings. The van der Waals surface area contributed by atoms with Gasteiger partial charge in [-0.1, -0.05) is 0 Å². The Morgan fingerprint density at radius 2 is 2.50 bits per heavy atom. The van der Waals surface area contributed by atoms with Crippen molar-refractivity contribution >= 4 is 11.3 Å². The number of nitrogens with one attached hydrogen (secondary N) is 1. The quantitative estimate of drug-likeness (QED) is 0.805. The number of rotatable bonds is 2. The maximum Gasteiger partial charge on any atom is 0.0944 e. The third-order valence-electron chi connectivity index (χ3n) is 3.27. The number of ether oxygens (including phenoxy) is 1. The Morgan fingerprint density at radius 1 is 1.64 bits per heavy atom. The van der Waals surface area contributed by atoms with Gasteiger partial charge in [0.1, 0.15) is 0 Å². The average molecular weight is 209 g/mol. The molecular formula is C11H15NOS. The van der Waals surface area contributed by atoms with Gasteiger partial charge in [0.15, 0.2) is 0 Å². The Hall–Kier alpha value is -0.380. The second-order valence-corrected chi connectivity index (χ2v) is 5.21. The summed E-state index contributed by atoms with van der Waals surface area (Å²) in [5, 5.41) is 5.45. The highest BCUT2D eigenvalue weighted by atomic mass is 32.1. The summed E-state index contributed by atoms with van der Waals surface area (Å²) >= 11 is 1.90. The minimum Gasteiger partial charge on any atom is -0.370 e. The van der Waals surface area contributed by atoms with Crippen molar-refractivity contribution in [2.24, 2.45) is 0 Å². The van der Waals surface area contributed by atoms with Crippen LogP contribution in [0.25, 0.3) is 0 Å². The Balaban J connectivity index is 1.96. The van der Waals surface area contributed by atoms with Crippen molar-refractivity contribution in [3.63, 3.8) is 0 Å². The fourth-order valence-corrected chi connectivity index (χ4v) is 3.43. The third kappa shape index (κ3) is 1.16. The number of fused-ring (bicyclic) bond motifs is 2. The first-order valence-electron chi connectivity index (χ1n) is 5.22. The van der Waals surface area contributed by atoms with E-state index in [-0.39, 0.29) is 5.60 Å². The van der Waals surface area contributed by atoms with Crippen LogP contribution in [0.15, 0.2) is 11.4 Å². The molecule has 0 bridgehead atoms. The van der Waals surface area contributed by atoms with Gasteiger partial charge in [0.2, 0.25) is 0 Å². The van der Waals surface area contributed by atoms with E-state index in [0.717, 1.165) is 13.2 Å². The highest BCUT2D eigenvalue weighted by Gasteiger charge is 2.50. The molecule has 2 nitrogen and oxygen atoms in total. The van der Waals surface area contributed by atoms with Gasteiger partial charge in [-0.15, -0.1) is 11.3 Å². The molecule has 3 rings (SSSR count). The van der Waals surface area contributed by atoms with E-state index >= 15 is 0 Å². The van der Waals surface area contributed by atoms with Gasteiger partial charge in [0.25, 0.3) is 0 Å². The molecule has 1 aliphatic heterocycles. The minimum absolute atomic E-state index is 0.152. The maximum atomic E-state index is 5.99. The maximum absolute atomic E-state index is 5.99. The van der Waals surface area contributed by atoms with Crippen LogP contribution in [0.1, 0.15) is 29.2 Å². The van der Waals surface area contributed by atoms with Gasteiger partial charge in [0, 0.05) is 17.3 Å². The summed E-state index contributed by atoms with van der Waals surface area (Å²) in [4.78, 5) is 1.56. The molecule has 2 heterocycles. The summed E-state index contributed by atoms with van der Waals surface area (Å²) in [6.07, 6.45) is 2.45. The minimum atomic E-state index is 0.152. The van der Waals surface area contributed by atoms with Gasteiger partial charge in [-0.2, -0.15) is 0 Å². The molecule has 1 unspecified atom stereocenters. The zero-order valence-electron chi connectivity index (χ0n) is 8.38. The second kappa shape index (κ2) is 3.05. The molecule has 0 aromatic carbocycles. The van der Waals surface area contributed by atoms with Crippen LogP contribution in [0.4, 0.5) is 0 Å². The first-order chi connectivity index (χ1) is 6.86. The Labute approximate surface area is 88.3 Å². The molecule has 76 valence electrons. The first kappa shape index (κ1) is 8.89. The van der Waals surface area contributed by atoms with Crippen molar-refractivity contribution in [2.75, 3.05) is 20.2 Å². The molecule has 1 aromatic heterocycles. The van der Waals surface area contributed by atoms with Crippen LogP contribution in [0.5, 0.6) is 0 Å². The molecule has 1 spiro atoms. The van der Waals surface area contributed by atoms with Crippen molar-refractivity contribution in [3.05, 3.63) is 21.9 Å². The van der Waals surface area contributed by atoms with Gasteiger partial charge in [0.05, 0.1) is 12.2 Å². The van der Waals surface area contributed by atoms with Crippen LogP contribution in [-0.4, -0.2) is 20.2 Å². The topological polar surface area (TPSA) is 21.3 Å². The van der Waals surface area contributed by atoms with Crippen LogP contribution in [0, 0.1) is 0 Å². The molecular weight excluding hydrogens is 194 g/mol. The Bertz CT molecular complexity index is 343. The molecule has 1 aromatic rings. The largest absolute Gasteiger partial charge is 0.370 e. The molecule has 2 aliphatic rings. The van der Waals surface area contributed by atoms with E-state index in [4.69, 9.17) is 4.74 Å². The fraction of sp³-hybridized carbons (Fsp3) is 0.636. The van der Waals surface area contributed by atoms with E-state index in [2.05, 4.69) is 16.8 Å². The van der Waals surface area contributed by atoms with Crippen molar-refractivity contribution in [3.8, 4) is 0 Å². The van der Waals surface area contributed by atoms with E-state index < -0.39 is 0 Å². The van der Waals surface area contributed by atoms with E-state index in [9.17, 15) is 0 Å². The van der Waals surface area contributed by atoms with Gasteiger partial charge in [-0.25, -0.2) is 0 Å². The molecule has 0 amide bonds. The molecule has 1 N–H and O–H groups in total. The Morgan fingerprint density at radius 3 is 3.21 bits per heavy atom. The monoisotopic (exact) mass is 209 g/mol. The highest BCUT2D eigenvalue weighted by Crippen LogP contribution is 2.55. The molecule has 0 radical (unpaired) electrons. The summed E-state index contributed by atoms with van der Waals surface area (Å²) in [6.45, 7) is 1.93. The zero-order chi connectivity index (χ0) is 9.60. The van der Waals surface area contributed by atoms with E-state index in [1.54, 1.807) is 4.88 Å². The van der Waals surface area contributed by atoms with Gasteiger partial charge in [-0.05, 0) is 36.9 Å². The second-order valence-electron chi connectivity index (χ2n) is 4.26. The lowest BCUT2D eigenvalue weighted by molar-refractivity contribution is 0.00770. The van der Waals surface area contributed by atoms with Crippen molar-refractivity contribution in [2.45, 2.75) is 24.4 Å². The lowest BCUT2D eigenvalue weighted by atomic mass is 9.97. The van der Waals surface area contributed by atoms with Crippen LogP contribution in [0.3, 0.4) is 0 Å². The molecule has 14 heavy (non-hydrogen) atoms. The van der Waals surface area contributed by atoms with Crippen LogP contribution < -0.4 is 5.32 Å². The van der Waals surface area contributed by atoms with Gasteiger partial charge >= 0.3 is 0 Å². The number of thiophene rings is 1. The predicted molar refractivity (Wildman–Crippen MR) is 57.9 cm³/mol. The fourth-order valence-electron chi connectivity index (χ4n) is 2.35. The van der Waals surface area contributed by atoms with E-state index in [0.29, 0.717) is 5.92 Å². The van der Waals surface area contributed by atoms with Crippen LogP contribution in [-0.2, 0) is 10.3 Å². The van der Waals surface area contributed by atoms with Crippen molar-refractivity contribution < 1.29 is 4.74 Å². The summed E-state index contributed by atoms with van der Waals surface area (Å²) in [6, 6.07) is 2.26. The molecule has 1 saturated carbocycles. The molecule has 0 saturated heterocycles. The summed E-state index contributed by atoms with van der Waals surface area (Å²) in [5.41, 5.74) is 1.63. The van der Waals surface area contributed by atoms with E-state index in [1.807, 2.05) is 18.4 Å². The van der Waals surface area contributed by atoms with Crippen LogP contribution in [0.2, 0.25) is 0 Å². The van der Waals surface area contributed by atoms with Crippen LogP contribution >= 0.6 is 11.3 Å². The highest BCUT2D eigenvalue weighted by molar-refractivity contribution is 7.10. The predicted octanol–water partition coefficient (Wildman–Crippen LogP) is 2.07. The third-order valence-corrected chi connectivity index (χ3v) is 4.35. The van der Waals surface area contributed by atoms with E-state index in [1.165, 1.54) is 18.4 Å². The molecule has 1 aliphatic carbocycles. The van der Waals surface area contributed by atoms with Gasteiger partial charge < -0.3 is 10.1 Å². The van der Waals surface area contributed by atoms with Crippen molar-refractivity contribution in [1.82, 2.24) is 5.32 Å². The number of likely N-dealkylation sites (N-methyl/N-ethyl adjacent to an activating group) is 1. The number of hydrogen-bond donors (Lipinski definition) is 1. The lowest BCUT2D eigenvalue weighted by Gasteiger charge is -2.29. The molecule has 3 heteroatoms. The Kier molecular flexibility index (Phi) is 1.94. The standard InChI is InChI=1S/C11H15NOS/c1-12-6-8-7-13-11(3-4-11)9-2-5-14-10(8)9/h2,5,8,12H,3-4,6-7H2,1H3. The van der Waals surface area contributed by atoms with Gasteiger partial charge in [-0.3, -0.25) is 0 Å². The average Bonchev–Trinajstić information content (AvgIpc) is 2.78. The summed E-state index contributed by atoms with van der Waals surface area (Å²) in [5.74, 6) is 0.571. The molecule has 1 atom stereocenters. The SMILES string of the molecule is CNCC1COC2(CC2)c2ccsc21. The lowest BCUT2D eigenvalue weighted by Crippen LogP contribution is -2.29. The summed E-state index contributed by atoms with van der Waals surface area (Å²) < 4.78 is 5.99. The smallest absolute Gasteiger partial charge is 0.0944 e. The summed E-state index contributed by atoms with van der Waals surface area (Å²) in [7, 11) is 2.01. The first-order valence-corrected chi connectivity index (χ1v) is 6.10. The number of hydrogen-bond acceptors (Lipinski definition) is 3. The normalized spacial score (nSPS) is 27.6. The zero-order valence-corrected chi connectivity index (χ0v) is 9.19. The van der Waals surface area contributed by atoms with Crippen molar-refractivity contribution in [1.29, 1.82) is 0 Å².